The number of benzene rings is 1. The fraction of sp³-hybridized carbons (Fsp3) is 0.364. The van der Waals surface area contributed by atoms with Crippen molar-refractivity contribution in [1.29, 1.82) is 0 Å². The van der Waals surface area contributed by atoms with E-state index in [1.54, 1.807) is 19.1 Å². The normalized spacial score (nSPS) is 21.1. The number of aryl methyl sites for hydroxylation is 1. The van der Waals surface area contributed by atoms with Crippen molar-refractivity contribution >= 4 is 11.6 Å². The van der Waals surface area contributed by atoms with Gasteiger partial charge in [-0.05, 0) is 24.6 Å². The highest BCUT2D eigenvalue weighted by Crippen LogP contribution is 2.23. The van der Waals surface area contributed by atoms with E-state index in [2.05, 4.69) is 0 Å². The van der Waals surface area contributed by atoms with Crippen molar-refractivity contribution in [2.45, 2.75) is 19.4 Å². The van der Waals surface area contributed by atoms with E-state index in [0.29, 0.717) is 11.3 Å². The smallest absolute Gasteiger partial charge is 0.229 e. The molecule has 80 valence electrons. The molecular formula is C11H12FNO2. The third-order valence-electron chi connectivity index (χ3n) is 2.57. The summed E-state index contributed by atoms with van der Waals surface area (Å²) in [4.78, 5) is 12.8. The molecule has 1 heterocycles. The summed E-state index contributed by atoms with van der Waals surface area (Å²) in [6, 6.07) is 4.64. The highest BCUT2D eigenvalue weighted by atomic mass is 19.1. The first-order valence-electron chi connectivity index (χ1n) is 4.82. The maximum absolute atomic E-state index is 13.3. The second kappa shape index (κ2) is 3.62. The van der Waals surface area contributed by atoms with E-state index >= 15 is 0 Å². The largest absolute Gasteiger partial charge is 0.391 e. The van der Waals surface area contributed by atoms with Crippen LogP contribution in [0.2, 0.25) is 0 Å². The summed E-state index contributed by atoms with van der Waals surface area (Å²) < 4.78 is 13.3. The summed E-state index contributed by atoms with van der Waals surface area (Å²) >= 11 is 0. The minimum Gasteiger partial charge on any atom is -0.391 e. The van der Waals surface area contributed by atoms with Crippen LogP contribution < -0.4 is 4.90 Å². The molecule has 1 aliphatic heterocycles. The summed E-state index contributed by atoms with van der Waals surface area (Å²) in [5, 5.41) is 9.30. The van der Waals surface area contributed by atoms with Crippen LogP contribution in [0.1, 0.15) is 12.0 Å². The van der Waals surface area contributed by atoms with Crippen molar-refractivity contribution in [1.82, 2.24) is 0 Å². The summed E-state index contributed by atoms with van der Waals surface area (Å²) in [6.07, 6.45) is -0.517. The number of carbonyl (C=O) groups is 1. The van der Waals surface area contributed by atoms with Crippen LogP contribution in [0.4, 0.5) is 10.1 Å². The first-order valence-corrected chi connectivity index (χ1v) is 4.82. The lowest BCUT2D eigenvalue weighted by Gasteiger charge is -2.16. The van der Waals surface area contributed by atoms with Crippen molar-refractivity contribution in [2.75, 3.05) is 11.4 Å². The minimum atomic E-state index is -0.637. The predicted octanol–water partition coefficient (Wildman–Crippen LogP) is 1.23. The number of nitrogens with zero attached hydrogens (tertiary/aromatic N) is 1. The topological polar surface area (TPSA) is 40.5 Å². The van der Waals surface area contributed by atoms with Crippen LogP contribution in [0.25, 0.3) is 0 Å². The number of carbonyl (C=O) groups excluding carboxylic acids is 1. The highest BCUT2D eigenvalue weighted by molar-refractivity contribution is 5.96. The fourth-order valence-corrected chi connectivity index (χ4v) is 1.69. The van der Waals surface area contributed by atoms with Gasteiger partial charge >= 0.3 is 0 Å². The molecule has 1 fully saturated rings. The van der Waals surface area contributed by atoms with Crippen molar-refractivity contribution in [3.8, 4) is 0 Å². The summed E-state index contributed by atoms with van der Waals surface area (Å²) in [5.41, 5.74) is 1.06. The molecular weight excluding hydrogens is 197 g/mol. The molecule has 4 heteroatoms. The van der Waals surface area contributed by atoms with E-state index < -0.39 is 6.10 Å². The van der Waals surface area contributed by atoms with Crippen molar-refractivity contribution in [3.63, 3.8) is 0 Å². The Kier molecular flexibility index (Phi) is 2.44. The van der Waals surface area contributed by atoms with Gasteiger partial charge < -0.3 is 10.0 Å². The molecule has 1 atom stereocenters. The van der Waals surface area contributed by atoms with Gasteiger partial charge in [0.15, 0.2) is 0 Å². The van der Waals surface area contributed by atoms with Crippen LogP contribution in [0.5, 0.6) is 0 Å². The number of anilines is 1. The van der Waals surface area contributed by atoms with E-state index in [1.807, 2.05) is 0 Å². The van der Waals surface area contributed by atoms with Crippen LogP contribution in [-0.2, 0) is 4.79 Å². The molecule has 1 aliphatic rings. The predicted molar refractivity (Wildman–Crippen MR) is 54.1 cm³/mol. The minimum absolute atomic E-state index is 0.121. The number of aliphatic hydroxyl groups is 1. The van der Waals surface area contributed by atoms with E-state index in [-0.39, 0.29) is 24.7 Å². The van der Waals surface area contributed by atoms with Gasteiger partial charge in [0.25, 0.3) is 0 Å². The maximum atomic E-state index is 13.3. The van der Waals surface area contributed by atoms with Gasteiger partial charge in [0.05, 0.1) is 19.1 Å². The zero-order valence-electron chi connectivity index (χ0n) is 8.40. The molecule has 1 unspecified atom stereocenters. The molecule has 1 saturated heterocycles. The molecule has 0 bridgehead atoms. The molecule has 1 amide bonds. The average molecular weight is 209 g/mol. The van der Waals surface area contributed by atoms with Gasteiger partial charge in [0.2, 0.25) is 5.91 Å². The highest BCUT2D eigenvalue weighted by Gasteiger charge is 2.29. The van der Waals surface area contributed by atoms with E-state index in [0.717, 1.165) is 0 Å². The third kappa shape index (κ3) is 1.85. The molecule has 1 aromatic rings. The monoisotopic (exact) mass is 209 g/mol. The molecule has 1 N–H and O–H groups in total. The summed E-state index contributed by atoms with van der Waals surface area (Å²) in [7, 11) is 0. The number of halogens is 1. The van der Waals surface area contributed by atoms with Crippen LogP contribution >= 0.6 is 0 Å². The first kappa shape index (κ1) is 10.1. The molecule has 3 nitrogen and oxygen atoms in total. The van der Waals surface area contributed by atoms with Crippen LogP contribution in [0, 0.1) is 12.7 Å². The van der Waals surface area contributed by atoms with E-state index in [4.69, 9.17) is 0 Å². The van der Waals surface area contributed by atoms with Crippen LogP contribution in [0.15, 0.2) is 18.2 Å². The lowest BCUT2D eigenvalue weighted by atomic mass is 10.2. The number of rotatable bonds is 1. The van der Waals surface area contributed by atoms with Gasteiger partial charge in [-0.1, -0.05) is 6.07 Å². The lowest BCUT2D eigenvalue weighted by Crippen LogP contribution is -2.25. The van der Waals surface area contributed by atoms with Gasteiger partial charge in [0, 0.05) is 5.69 Å². The Bertz CT molecular complexity index is 406. The number of β-amino-alcohol motifs (C(OH)–C–C–N with tert-alkyl or cyclic N) is 1. The number of hydrogen-bond donors (Lipinski definition) is 1. The molecule has 0 spiro atoms. The zero-order chi connectivity index (χ0) is 11.0. The van der Waals surface area contributed by atoms with Gasteiger partial charge in [-0.3, -0.25) is 4.79 Å². The molecule has 0 radical (unpaired) electrons. The lowest BCUT2D eigenvalue weighted by molar-refractivity contribution is -0.117. The molecule has 2 rings (SSSR count). The van der Waals surface area contributed by atoms with Crippen LogP contribution in [0.3, 0.4) is 0 Å². The Balaban J connectivity index is 2.30. The summed E-state index contributed by atoms with van der Waals surface area (Å²) in [5.74, 6) is -0.493. The number of aliphatic hydroxyl groups excluding tert-OH is 1. The standard InChI is InChI=1S/C11H12FNO2/c1-7-2-3-8(4-10(7)12)13-6-9(14)5-11(13)15/h2-4,9,14H,5-6H2,1H3. The van der Waals surface area contributed by atoms with Crippen molar-refractivity contribution in [3.05, 3.63) is 29.6 Å². The zero-order valence-corrected chi connectivity index (χ0v) is 8.40. The molecule has 15 heavy (non-hydrogen) atoms. The van der Waals surface area contributed by atoms with E-state index in [9.17, 15) is 14.3 Å². The molecule has 1 aromatic carbocycles. The summed E-state index contributed by atoms with van der Waals surface area (Å²) in [6.45, 7) is 1.92. The van der Waals surface area contributed by atoms with Gasteiger partial charge in [-0.2, -0.15) is 0 Å². The Hall–Kier alpha value is -1.42. The van der Waals surface area contributed by atoms with Gasteiger partial charge in [-0.25, -0.2) is 4.39 Å². The quantitative estimate of drug-likeness (QED) is 0.755. The maximum Gasteiger partial charge on any atom is 0.229 e. The van der Waals surface area contributed by atoms with Gasteiger partial charge in [0.1, 0.15) is 5.82 Å². The Morgan fingerprint density at radius 3 is 2.80 bits per heavy atom. The Morgan fingerprint density at radius 1 is 1.53 bits per heavy atom. The number of amides is 1. The van der Waals surface area contributed by atoms with Crippen molar-refractivity contribution in [2.24, 2.45) is 0 Å². The second-order valence-corrected chi connectivity index (χ2v) is 3.80. The van der Waals surface area contributed by atoms with Crippen LogP contribution in [-0.4, -0.2) is 23.7 Å². The third-order valence-corrected chi connectivity index (χ3v) is 2.57. The van der Waals surface area contributed by atoms with Gasteiger partial charge in [-0.15, -0.1) is 0 Å². The fourth-order valence-electron chi connectivity index (χ4n) is 1.69. The Labute approximate surface area is 87.1 Å². The SMILES string of the molecule is Cc1ccc(N2CC(O)CC2=O)cc1F. The molecule has 0 saturated carbocycles. The second-order valence-electron chi connectivity index (χ2n) is 3.80. The first-order chi connectivity index (χ1) is 7.08. The molecule has 0 aliphatic carbocycles. The molecule has 0 aromatic heterocycles. The van der Waals surface area contributed by atoms with Crippen molar-refractivity contribution < 1.29 is 14.3 Å². The average Bonchev–Trinajstić information content (AvgIpc) is 2.50. The van der Waals surface area contributed by atoms with E-state index in [1.165, 1.54) is 11.0 Å². The Morgan fingerprint density at radius 2 is 2.27 bits per heavy atom. The number of hydrogen-bond acceptors (Lipinski definition) is 2.